The molecule has 1 aromatic carbocycles. The number of carbonyl (C=O) groups excluding carboxylic acids is 1. The number of benzene rings is 1. The fourth-order valence-electron chi connectivity index (χ4n) is 1.69. The highest BCUT2D eigenvalue weighted by Gasteiger charge is 2.08. The van der Waals surface area contributed by atoms with E-state index < -0.39 is 5.97 Å². The number of hydrogen-bond acceptors (Lipinski definition) is 4. The van der Waals surface area contributed by atoms with Gasteiger partial charge in [-0.25, -0.2) is 4.79 Å². The summed E-state index contributed by atoms with van der Waals surface area (Å²) >= 11 is 6.10. The van der Waals surface area contributed by atoms with Gasteiger partial charge in [0.2, 0.25) is 0 Å². The van der Waals surface area contributed by atoms with E-state index in [9.17, 15) is 4.79 Å². The first-order valence-electron chi connectivity index (χ1n) is 6.13. The Bertz CT molecular complexity index is 612. The molecule has 20 heavy (non-hydrogen) atoms. The van der Waals surface area contributed by atoms with Crippen molar-refractivity contribution in [1.82, 2.24) is 4.98 Å². The quantitative estimate of drug-likeness (QED) is 0.876. The number of ether oxygens (including phenoxy) is 1. The number of aryl methyl sites for hydroxylation is 1. The number of nitrogens with zero attached hydrogens (tertiary/aromatic N) is 1. The number of halogens is 1. The van der Waals surface area contributed by atoms with Crippen LogP contribution in [0.25, 0.3) is 0 Å². The number of pyridine rings is 1. The highest BCUT2D eigenvalue weighted by Crippen LogP contribution is 2.23. The summed E-state index contributed by atoms with van der Waals surface area (Å²) in [6.45, 7) is 2.52. The Hall–Kier alpha value is -2.07. The van der Waals surface area contributed by atoms with Crippen LogP contribution in [0.1, 0.15) is 21.6 Å². The summed E-state index contributed by atoms with van der Waals surface area (Å²) in [5.41, 5.74) is 3.14. The Morgan fingerprint density at radius 1 is 1.35 bits per heavy atom. The molecule has 0 spiro atoms. The van der Waals surface area contributed by atoms with Crippen LogP contribution < -0.4 is 5.32 Å². The highest BCUT2D eigenvalue weighted by molar-refractivity contribution is 6.33. The van der Waals surface area contributed by atoms with Gasteiger partial charge in [-0.05, 0) is 36.8 Å². The maximum atomic E-state index is 11.5. The Morgan fingerprint density at radius 2 is 2.15 bits per heavy atom. The zero-order valence-electron chi connectivity index (χ0n) is 11.3. The molecule has 0 radical (unpaired) electrons. The van der Waals surface area contributed by atoms with Gasteiger partial charge in [-0.2, -0.15) is 0 Å². The zero-order valence-corrected chi connectivity index (χ0v) is 12.1. The third-order valence-electron chi connectivity index (χ3n) is 2.82. The van der Waals surface area contributed by atoms with Crippen molar-refractivity contribution in [2.75, 3.05) is 12.4 Å². The third kappa shape index (κ3) is 3.48. The minimum absolute atomic E-state index is 0.391. The monoisotopic (exact) mass is 290 g/mol. The summed E-state index contributed by atoms with van der Waals surface area (Å²) in [5.74, 6) is -0.391. The van der Waals surface area contributed by atoms with Crippen molar-refractivity contribution in [2.45, 2.75) is 13.5 Å². The molecule has 0 fully saturated rings. The van der Waals surface area contributed by atoms with Crippen molar-refractivity contribution in [2.24, 2.45) is 0 Å². The van der Waals surface area contributed by atoms with Crippen molar-refractivity contribution >= 4 is 23.3 Å². The average molecular weight is 291 g/mol. The summed E-state index contributed by atoms with van der Waals surface area (Å²) in [4.78, 5) is 15.8. The van der Waals surface area contributed by atoms with Gasteiger partial charge in [0.05, 0.1) is 35.6 Å². The number of esters is 1. The molecule has 5 heteroatoms. The first-order valence-corrected chi connectivity index (χ1v) is 6.51. The predicted octanol–water partition coefficient (Wildman–Crippen LogP) is 3.44. The molecule has 0 aliphatic carbocycles. The fourth-order valence-corrected chi connectivity index (χ4v) is 1.88. The summed E-state index contributed by atoms with van der Waals surface area (Å²) < 4.78 is 4.68. The van der Waals surface area contributed by atoms with Gasteiger partial charge in [-0.3, -0.25) is 4.98 Å². The van der Waals surface area contributed by atoms with Crippen molar-refractivity contribution < 1.29 is 9.53 Å². The maximum Gasteiger partial charge on any atom is 0.337 e. The average Bonchev–Trinajstić information content (AvgIpc) is 2.47. The Morgan fingerprint density at radius 3 is 2.80 bits per heavy atom. The zero-order chi connectivity index (χ0) is 14.5. The molecule has 0 amide bonds. The number of methoxy groups -OCH3 is 1. The van der Waals surface area contributed by atoms with Gasteiger partial charge in [0, 0.05) is 6.20 Å². The van der Waals surface area contributed by atoms with E-state index in [0.717, 1.165) is 11.3 Å². The van der Waals surface area contributed by atoms with E-state index in [-0.39, 0.29) is 0 Å². The van der Waals surface area contributed by atoms with E-state index in [4.69, 9.17) is 11.6 Å². The van der Waals surface area contributed by atoms with Crippen molar-refractivity contribution in [3.05, 3.63) is 58.4 Å². The molecule has 0 bridgehead atoms. The van der Waals surface area contributed by atoms with Crippen LogP contribution in [0.15, 0.2) is 36.5 Å². The van der Waals surface area contributed by atoms with Gasteiger partial charge in [0.15, 0.2) is 0 Å². The minimum atomic E-state index is -0.391. The first-order chi connectivity index (χ1) is 9.60. The predicted molar refractivity (Wildman–Crippen MR) is 79.1 cm³/mol. The second-order valence-corrected chi connectivity index (χ2v) is 4.77. The number of anilines is 1. The van der Waals surface area contributed by atoms with Gasteiger partial charge in [-0.15, -0.1) is 0 Å². The second kappa shape index (κ2) is 6.39. The van der Waals surface area contributed by atoms with Crippen LogP contribution in [-0.4, -0.2) is 18.1 Å². The molecule has 1 aromatic heterocycles. The number of nitrogens with one attached hydrogen (secondary N) is 1. The lowest BCUT2D eigenvalue weighted by Gasteiger charge is -2.09. The van der Waals surface area contributed by atoms with E-state index >= 15 is 0 Å². The Kier molecular flexibility index (Phi) is 4.58. The van der Waals surface area contributed by atoms with E-state index in [0.29, 0.717) is 22.8 Å². The SMILES string of the molecule is COC(=O)c1ccc(Cl)c(NCc2ccc(C)cn2)c1. The maximum absolute atomic E-state index is 11.5. The van der Waals surface area contributed by atoms with Gasteiger partial charge in [-0.1, -0.05) is 17.7 Å². The highest BCUT2D eigenvalue weighted by atomic mass is 35.5. The van der Waals surface area contributed by atoms with Crippen LogP contribution in [0.5, 0.6) is 0 Å². The summed E-state index contributed by atoms with van der Waals surface area (Å²) in [5, 5.41) is 3.71. The molecule has 0 aliphatic rings. The van der Waals surface area contributed by atoms with Gasteiger partial charge < -0.3 is 10.1 Å². The van der Waals surface area contributed by atoms with E-state index in [1.807, 2.05) is 25.3 Å². The first kappa shape index (κ1) is 14.3. The number of aromatic nitrogens is 1. The molecule has 0 saturated carbocycles. The number of rotatable bonds is 4. The van der Waals surface area contributed by atoms with Crippen molar-refractivity contribution in [3.63, 3.8) is 0 Å². The Labute approximate surface area is 122 Å². The molecule has 0 unspecified atom stereocenters. The van der Waals surface area contributed by atoms with Crippen LogP contribution in [0.4, 0.5) is 5.69 Å². The van der Waals surface area contributed by atoms with Crippen LogP contribution in [0.2, 0.25) is 5.02 Å². The molecule has 4 nitrogen and oxygen atoms in total. The summed E-state index contributed by atoms with van der Waals surface area (Å²) in [6.07, 6.45) is 1.81. The van der Waals surface area contributed by atoms with E-state index in [1.54, 1.807) is 18.2 Å². The smallest absolute Gasteiger partial charge is 0.337 e. The lowest BCUT2D eigenvalue weighted by molar-refractivity contribution is 0.0601. The third-order valence-corrected chi connectivity index (χ3v) is 3.15. The fraction of sp³-hybridized carbons (Fsp3) is 0.200. The van der Waals surface area contributed by atoms with Crippen molar-refractivity contribution in [1.29, 1.82) is 0 Å². The topological polar surface area (TPSA) is 51.2 Å². The lowest BCUT2D eigenvalue weighted by atomic mass is 10.2. The molecule has 1 N–H and O–H groups in total. The number of carbonyl (C=O) groups is 1. The van der Waals surface area contributed by atoms with Crippen LogP contribution in [0, 0.1) is 6.92 Å². The number of hydrogen-bond donors (Lipinski definition) is 1. The largest absolute Gasteiger partial charge is 0.465 e. The minimum Gasteiger partial charge on any atom is -0.465 e. The van der Waals surface area contributed by atoms with Crippen molar-refractivity contribution in [3.8, 4) is 0 Å². The van der Waals surface area contributed by atoms with Gasteiger partial charge in [0.1, 0.15) is 0 Å². The van der Waals surface area contributed by atoms with Crippen LogP contribution in [0.3, 0.4) is 0 Å². The molecule has 0 saturated heterocycles. The second-order valence-electron chi connectivity index (χ2n) is 4.37. The molecule has 2 aromatic rings. The lowest BCUT2D eigenvalue weighted by Crippen LogP contribution is -2.05. The standard InChI is InChI=1S/C15H15ClN2O2/c1-10-3-5-12(17-8-10)9-18-14-7-11(15(19)20-2)4-6-13(14)16/h3-8,18H,9H2,1-2H3. The molecule has 1 heterocycles. The van der Waals surface area contributed by atoms with E-state index in [2.05, 4.69) is 15.0 Å². The molecular formula is C15H15ClN2O2. The van der Waals surface area contributed by atoms with Gasteiger partial charge >= 0.3 is 5.97 Å². The summed E-state index contributed by atoms with van der Waals surface area (Å²) in [7, 11) is 1.35. The molecule has 0 aliphatic heterocycles. The molecular weight excluding hydrogens is 276 g/mol. The molecule has 0 atom stereocenters. The van der Waals surface area contributed by atoms with Crippen LogP contribution in [-0.2, 0) is 11.3 Å². The normalized spacial score (nSPS) is 10.2. The Balaban J connectivity index is 2.12. The van der Waals surface area contributed by atoms with E-state index in [1.165, 1.54) is 7.11 Å². The summed E-state index contributed by atoms with van der Waals surface area (Å²) in [6, 6.07) is 8.90. The molecule has 104 valence electrons. The molecule has 2 rings (SSSR count). The van der Waals surface area contributed by atoms with Crippen LogP contribution >= 0.6 is 11.6 Å². The van der Waals surface area contributed by atoms with Gasteiger partial charge in [0.25, 0.3) is 0 Å².